The van der Waals surface area contributed by atoms with Crippen LogP contribution >= 0.6 is 15.9 Å². The number of nitrogens with zero attached hydrogens (tertiary/aromatic N) is 2. The minimum atomic E-state index is -0.108. The first kappa shape index (κ1) is 13.6. The van der Waals surface area contributed by atoms with Gasteiger partial charge in [-0.3, -0.25) is 4.79 Å². The largest absolute Gasteiger partial charge is 0.335 e. The highest BCUT2D eigenvalue weighted by Crippen LogP contribution is 2.31. The molecule has 2 heterocycles. The van der Waals surface area contributed by atoms with Gasteiger partial charge in [-0.25, -0.2) is 0 Å². The van der Waals surface area contributed by atoms with Gasteiger partial charge in [-0.15, -0.1) is 0 Å². The molecule has 0 bridgehead atoms. The first-order valence-corrected chi connectivity index (χ1v) is 8.16. The molecule has 110 valence electrons. The summed E-state index contributed by atoms with van der Waals surface area (Å²) in [6.45, 7) is 0.762. The van der Waals surface area contributed by atoms with Crippen molar-refractivity contribution in [2.75, 3.05) is 11.4 Å². The summed E-state index contributed by atoms with van der Waals surface area (Å²) in [4.78, 5) is 14.7. The number of fused-ring (bicyclic) bond motifs is 1. The van der Waals surface area contributed by atoms with Crippen molar-refractivity contribution in [1.82, 2.24) is 4.57 Å². The van der Waals surface area contributed by atoms with Gasteiger partial charge in [0.05, 0.1) is 0 Å². The average Bonchev–Trinajstić information content (AvgIpc) is 3.12. The summed E-state index contributed by atoms with van der Waals surface area (Å²) in [5.74, 6) is 0.170. The summed E-state index contributed by atoms with van der Waals surface area (Å²) in [5, 5.41) is 1.18. The molecule has 1 aliphatic rings. The fraction of sp³-hybridized carbons (Fsp3) is 0.167. The van der Waals surface area contributed by atoms with Crippen LogP contribution in [0.5, 0.6) is 0 Å². The van der Waals surface area contributed by atoms with Gasteiger partial charge in [-0.05, 0) is 48.2 Å². The number of hydrogen-bond acceptors (Lipinski definition) is 1. The quantitative estimate of drug-likeness (QED) is 0.670. The standard InChI is InChI=1S/C18H15BrN2O/c19-14-5-7-15(8-6-14)20-12-10-17(18(20)22)21-11-9-13-3-1-2-4-16(13)21/h1-9,11,17H,10,12H2. The Kier molecular flexibility index (Phi) is 3.26. The molecule has 0 aliphatic carbocycles. The molecule has 1 fully saturated rings. The maximum Gasteiger partial charge on any atom is 0.250 e. The van der Waals surface area contributed by atoms with E-state index in [0.29, 0.717) is 0 Å². The van der Waals surface area contributed by atoms with Gasteiger partial charge in [-0.1, -0.05) is 34.1 Å². The van der Waals surface area contributed by atoms with E-state index in [1.165, 1.54) is 5.39 Å². The topological polar surface area (TPSA) is 25.2 Å². The molecule has 2 aromatic carbocycles. The highest BCUT2D eigenvalue weighted by atomic mass is 79.9. The molecule has 4 heteroatoms. The molecule has 4 rings (SSSR count). The van der Waals surface area contributed by atoms with Crippen molar-refractivity contribution in [3.63, 3.8) is 0 Å². The van der Waals surface area contributed by atoms with Crippen LogP contribution in [0.15, 0.2) is 65.3 Å². The number of rotatable bonds is 2. The van der Waals surface area contributed by atoms with Crippen LogP contribution < -0.4 is 4.90 Å². The number of anilines is 1. The first-order chi connectivity index (χ1) is 10.7. The number of halogens is 1. The molecule has 0 saturated carbocycles. The molecule has 1 saturated heterocycles. The van der Waals surface area contributed by atoms with Crippen LogP contribution in [-0.4, -0.2) is 17.0 Å². The number of carbonyl (C=O) groups is 1. The third-order valence-electron chi connectivity index (χ3n) is 4.28. The second kappa shape index (κ2) is 5.29. The minimum absolute atomic E-state index is 0.108. The summed E-state index contributed by atoms with van der Waals surface area (Å²) in [6.07, 6.45) is 2.87. The van der Waals surface area contributed by atoms with Gasteiger partial charge in [0.15, 0.2) is 0 Å². The van der Waals surface area contributed by atoms with E-state index in [-0.39, 0.29) is 11.9 Å². The van der Waals surface area contributed by atoms with Crippen molar-refractivity contribution in [2.45, 2.75) is 12.5 Å². The summed E-state index contributed by atoms with van der Waals surface area (Å²) in [6, 6.07) is 18.1. The van der Waals surface area contributed by atoms with Crippen LogP contribution in [0, 0.1) is 0 Å². The molecule has 1 atom stereocenters. The number of benzene rings is 2. The van der Waals surface area contributed by atoms with E-state index >= 15 is 0 Å². The molecule has 1 aliphatic heterocycles. The van der Waals surface area contributed by atoms with Crippen LogP contribution in [-0.2, 0) is 4.79 Å². The lowest BCUT2D eigenvalue weighted by molar-refractivity contribution is -0.119. The summed E-state index contributed by atoms with van der Waals surface area (Å²) in [7, 11) is 0. The predicted octanol–water partition coefficient (Wildman–Crippen LogP) is 4.38. The van der Waals surface area contributed by atoms with Crippen molar-refractivity contribution in [2.24, 2.45) is 0 Å². The maximum atomic E-state index is 12.8. The molecule has 3 aromatic rings. The van der Waals surface area contributed by atoms with Crippen molar-refractivity contribution >= 4 is 38.4 Å². The lowest BCUT2D eigenvalue weighted by Crippen LogP contribution is -2.27. The van der Waals surface area contributed by atoms with Gasteiger partial charge < -0.3 is 9.47 Å². The van der Waals surface area contributed by atoms with E-state index in [4.69, 9.17) is 0 Å². The number of hydrogen-bond donors (Lipinski definition) is 0. The Balaban J connectivity index is 1.68. The number of aromatic nitrogens is 1. The Bertz CT molecular complexity index is 838. The predicted molar refractivity (Wildman–Crippen MR) is 92.1 cm³/mol. The Morgan fingerprint density at radius 2 is 1.77 bits per heavy atom. The Labute approximate surface area is 137 Å². The second-order valence-corrected chi connectivity index (χ2v) is 6.47. The maximum absolute atomic E-state index is 12.8. The van der Waals surface area contributed by atoms with Gasteiger partial charge in [0.1, 0.15) is 6.04 Å². The molecule has 1 aromatic heterocycles. The SMILES string of the molecule is O=C1C(n2ccc3ccccc32)CCN1c1ccc(Br)cc1. The Morgan fingerprint density at radius 1 is 1.00 bits per heavy atom. The number of amides is 1. The summed E-state index contributed by atoms with van der Waals surface area (Å²) < 4.78 is 3.13. The zero-order valence-electron chi connectivity index (χ0n) is 11.9. The fourth-order valence-corrected chi connectivity index (χ4v) is 3.44. The first-order valence-electron chi connectivity index (χ1n) is 7.36. The number of carbonyl (C=O) groups excluding carboxylic acids is 1. The molecular formula is C18H15BrN2O. The van der Waals surface area contributed by atoms with Crippen LogP contribution in [0.1, 0.15) is 12.5 Å². The Morgan fingerprint density at radius 3 is 2.59 bits per heavy atom. The fourth-order valence-electron chi connectivity index (χ4n) is 3.18. The average molecular weight is 355 g/mol. The number of para-hydroxylation sites is 1. The molecule has 1 unspecified atom stereocenters. The van der Waals surface area contributed by atoms with E-state index < -0.39 is 0 Å². The highest BCUT2D eigenvalue weighted by Gasteiger charge is 2.34. The summed E-state index contributed by atoms with van der Waals surface area (Å²) in [5.41, 5.74) is 2.09. The van der Waals surface area contributed by atoms with Gasteiger partial charge in [-0.2, -0.15) is 0 Å². The zero-order chi connectivity index (χ0) is 15.1. The third-order valence-corrected chi connectivity index (χ3v) is 4.81. The van der Waals surface area contributed by atoms with E-state index in [0.717, 1.165) is 28.6 Å². The van der Waals surface area contributed by atoms with Crippen LogP contribution in [0.3, 0.4) is 0 Å². The van der Waals surface area contributed by atoms with Crippen molar-refractivity contribution in [3.05, 3.63) is 65.3 Å². The van der Waals surface area contributed by atoms with E-state index in [2.05, 4.69) is 38.7 Å². The Hall–Kier alpha value is -2.07. The summed E-state index contributed by atoms with van der Waals surface area (Å²) >= 11 is 3.43. The van der Waals surface area contributed by atoms with Crippen LogP contribution in [0.4, 0.5) is 5.69 Å². The van der Waals surface area contributed by atoms with E-state index in [9.17, 15) is 4.79 Å². The van der Waals surface area contributed by atoms with Gasteiger partial charge in [0.25, 0.3) is 0 Å². The molecule has 0 radical (unpaired) electrons. The molecular weight excluding hydrogens is 340 g/mol. The molecule has 3 nitrogen and oxygen atoms in total. The normalized spacial score (nSPS) is 18.3. The molecule has 0 spiro atoms. The van der Waals surface area contributed by atoms with E-state index in [1.807, 2.05) is 47.5 Å². The van der Waals surface area contributed by atoms with Crippen LogP contribution in [0.25, 0.3) is 10.9 Å². The van der Waals surface area contributed by atoms with Gasteiger partial charge in [0.2, 0.25) is 5.91 Å². The monoisotopic (exact) mass is 354 g/mol. The van der Waals surface area contributed by atoms with Crippen molar-refractivity contribution < 1.29 is 4.79 Å². The second-order valence-electron chi connectivity index (χ2n) is 5.55. The molecule has 22 heavy (non-hydrogen) atoms. The smallest absolute Gasteiger partial charge is 0.250 e. The lowest BCUT2D eigenvalue weighted by Gasteiger charge is -2.18. The van der Waals surface area contributed by atoms with Crippen LogP contribution in [0.2, 0.25) is 0 Å². The lowest BCUT2D eigenvalue weighted by atomic mass is 10.2. The third kappa shape index (κ3) is 2.15. The molecule has 1 amide bonds. The molecule has 0 N–H and O–H groups in total. The van der Waals surface area contributed by atoms with E-state index in [1.54, 1.807) is 0 Å². The van der Waals surface area contributed by atoms with Crippen molar-refractivity contribution in [3.8, 4) is 0 Å². The van der Waals surface area contributed by atoms with Gasteiger partial charge >= 0.3 is 0 Å². The highest BCUT2D eigenvalue weighted by molar-refractivity contribution is 9.10. The minimum Gasteiger partial charge on any atom is -0.335 e. The van der Waals surface area contributed by atoms with Crippen molar-refractivity contribution in [1.29, 1.82) is 0 Å². The zero-order valence-corrected chi connectivity index (χ0v) is 13.5. The van der Waals surface area contributed by atoms with Gasteiger partial charge in [0, 0.05) is 28.4 Å².